The first kappa shape index (κ1) is 19.4. The van der Waals surface area contributed by atoms with Crippen LogP contribution in [0.15, 0.2) is 52.4 Å². The summed E-state index contributed by atoms with van der Waals surface area (Å²) in [6.45, 7) is 5.37. The molecule has 1 fully saturated rings. The van der Waals surface area contributed by atoms with Crippen LogP contribution in [-0.2, 0) is 4.79 Å². The highest BCUT2D eigenvalue weighted by molar-refractivity contribution is 8.18. The molecule has 0 aliphatic carbocycles. The van der Waals surface area contributed by atoms with Crippen LogP contribution in [0.25, 0.3) is 6.08 Å². The predicted octanol–water partition coefficient (Wildman–Crippen LogP) is 5.09. The van der Waals surface area contributed by atoms with Crippen LogP contribution in [0, 0.1) is 6.92 Å². The monoisotopic (exact) mass is 431 g/mol. The summed E-state index contributed by atoms with van der Waals surface area (Å²) in [5.41, 5.74) is 3.16. The van der Waals surface area contributed by atoms with Gasteiger partial charge in [-0.25, -0.2) is 0 Å². The van der Waals surface area contributed by atoms with E-state index in [-0.39, 0.29) is 5.91 Å². The van der Waals surface area contributed by atoms with Crippen LogP contribution in [0.2, 0.25) is 10.0 Å². The molecule has 2 aromatic rings. The van der Waals surface area contributed by atoms with Crippen molar-refractivity contribution in [2.24, 2.45) is 4.99 Å². The summed E-state index contributed by atoms with van der Waals surface area (Å²) in [5.74, 6) is -0.178. The third-order valence-electron chi connectivity index (χ3n) is 4.85. The molecule has 144 valence electrons. The Kier molecular flexibility index (Phi) is 5.67. The van der Waals surface area contributed by atoms with E-state index < -0.39 is 0 Å². The average Bonchev–Trinajstić information content (AvgIpc) is 3.06. The Morgan fingerprint density at radius 2 is 1.68 bits per heavy atom. The topological polar surface area (TPSA) is 35.9 Å². The van der Waals surface area contributed by atoms with Gasteiger partial charge in [-0.2, -0.15) is 4.99 Å². The SMILES string of the molecule is Cc1ccc(N2CCN(C3=NC(=O)C(=Cc4ccc(Cl)cc4)S3)CC2)cc1Cl. The summed E-state index contributed by atoms with van der Waals surface area (Å²) in [6.07, 6.45) is 1.87. The van der Waals surface area contributed by atoms with Crippen molar-refractivity contribution >= 4 is 57.8 Å². The maximum Gasteiger partial charge on any atom is 0.286 e. The average molecular weight is 432 g/mol. The van der Waals surface area contributed by atoms with E-state index in [1.807, 2.05) is 49.4 Å². The Balaban J connectivity index is 1.40. The fourth-order valence-electron chi connectivity index (χ4n) is 3.18. The minimum absolute atomic E-state index is 0.178. The molecule has 0 spiro atoms. The molecule has 2 heterocycles. The predicted molar refractivity (Wildman–Crippen MR) is 119 cm³/mol. The summed E-state index contributed by atoms with van der Waals surface area (Å²) in [5, 5.41) is 2.25. The molecule has 4 nitrogen and oxygen atoms in total. The van der Waals surface area contributed by atoms with E-state index in [9.17, 15) is 4.79 Å². The maximum atomic E-state index is 12.3. The summed E-state index contributed by atoms with van der Waals surface area (Å²) < 4.78 is 0. The Morgan fingerprint density at radius 1 is 1.00 bits per heavy atom. The molecule has 0 aromatic heterocycles. The van der Waals surface area contributed by atoms with Crippen molar-refractivity contribution in [3.63, 3.8) is 0 Å². The number of rotatable bonds is 2. The van der Waals surface area contributed by atoms with E-state index in [0.717, 1.165) is 53.2 Å². The van der Waals surface area contributed by atoms with Crippen LogP contribution in [0.3, 0.4) is 0 Å². The number of anilines is 1. The summed E-state index contributed by atoms with van der Waals surface area (Å²) in [7, 11) is 0. The highest BCUT2D eigenvalue weighted by atomic mass is 35.5. The lowest BCUT2D eigenvalue weighted by molar-refractivity contribution is -0.113. The maximum absolute atomic E-state index is 12.3. The lowest BCUT2D eigenvalue weighted by Crippen LogP contribution is -2.47. The zero-order valence-electron chi connectivity index (χ0n) is 15.4. The molecular weight excluding hydrogens is 413 g/mol. The fourth-order valence-corrected chi connectivity index (χ4v) is 4.44. The molecule has 0 N–H and O–H groups in total. The Bertz CT molecular complexity index is 964. The van der Waals surface area contributed by atoms with E-state index in [4.69, 9.17) is 23.2 Å². The van der Waals surface area contributed by atoms with Gasteiger partial charge < -0.3 is 9.80 Å². The number of halogens is 2. The molecule has 0 atom stereocenters. The van der Waals surface area contributed by atoms with Crippen LogP contribution >= 0.6 is 35.0 Å². The molecule has 2 aliphatic rings. The Morgan fingerprint density at radius 3 is 2.36 bits per heavy atom. The number of amidine groups is 1. The van der Waals surface area contributed by atoms with Crippen LogP contribution in [-0.4, -0.2) is 42.2 Å². The number of hydrogen-bond donors (Lipinski definition) is 0. The Labute approximate surface area is 178 Å². The number of amides is 1. The van der Waals surface area contributed by atoms with Gasteiger partial charge in [-0.15, -0.1) is 0 Å². The summed E-state index contributed by atoms with van der Waals surface area (Å²) in [4.78, 5) is 21.7. The quantitative estimate of drug-likeness (QED) is 0.619. The smallest absolute Gasteiger partial charge is 0.286 e. The lowest BCUT2D eigenvalue weighted by Gasteiger charge is -2.36. The van der Waals surface area contributed by atoms with Gasteiger partial charge >= 0.3 is 0 Å². The van der Waals surface area contributed by atoms with Crippen LogP contribution in [0.5, 0.6) is 0 Å². The van der Waals surface area contributed by atoms with Crippen molar-refractivity contribution in [3.05, 3.63) is 68.5 Å². The lowest BCUT2D eigenvalue weighted by atomic mass is 10.2. The number of hydrogen-bond acceptors (Lipinski definition) is 4. The first-order valence-electron chi connectivity index (χ1n) is 9.04. The van der Waals surface area contributed by atoms with Gasteiger partial charge in [0.1, 0.15) is 0 Å². The molecule has 1 amide bonds. The molecule has 2 aromatic carbocycles. The highest BCUT2D eigenvalue weighted by Crippen LogP contribution is 2.31. The van der Waals surface area contributed by atoms with Crippen molar-refractivity contribution in [2.45, 2.75) is 6.92 Å². The van der Waals surface area contributed by atoms with E-state index in [0.29, 0.717) is 9.93 Å². The van der Waals surface area contributed by atoms with E-state index >= 15 is 0 Å². The summed E-state index contributed by atoms with van der Waals surface area (Å²) >= 11 is 13.6. The van der Waals surface area contributed by atoms with Gasteiger partial charge in [-0.3, -0.25) is 4.79 Å². The fraction of sp³-hybridized carbons (Fsp3) is 0.238. The number of carbonyl (C=O) groups excluding carboxylic acids is 1. The minimum Gasteiger partial charge on any atom is -0.368 e. The number of aliphatic imine (C=N–C) groups is 1. The molecule has 0 radical (unpaired) electrons. The molecule has 7 heteroatoms. The van der Waals surface area contributed by atoms with Crippen molar-refractivity contribution < 1.29 is 4.79 Å². The van der Waals surface area contributed by atoms with Gasteiger partial charge in [0.15, 0.2) is 5.17 Å². The second-order valence-corrected chi connectivity index (χ2v) is 8.62. The number of aryl methyl sites for hydroxylation is 1. The van der Waals surface area contributed by atoms with Gasteiger partial charge in [0.25, 0.3) is 5.91 Å². The van der Waals surface area contributed by atoms with Gasteiger partial charge in [-0.1, -0.05) is 41.4 Å². The number of nitrogens with zero attached hydrogens (tertiary/aromatic N) is 3. The molecule has 2 aliphatic heterocycles. The molecule has 0 unspecified atom stereocenters. The van der Waals surface area contributed by atoms with E-state index in [1.165, 1.54) is 11.8 Å². The second kappa shape index (κ2) is 8.19. The largest absolute Gasteiger partial charge is 0.368 e. The third-order valence-corrected chi connectivity index (χ3v) is 6.55. The number of carbonyl (C=O) groups is 1. The van der Waals surface area contributed by atoms with Crippen molar-refractivity contribution in [2.75, 3.05) is 31.1 Å². The zero-order valence-corrected chi connectivity index (χ0v) is 17.7. The van der Waals surface area contributed by atoms with Gasteiger partial charge in [0.05, 0.1) is 4.91 Å². The van der Waals surface area contributed by atoms with Crippen LogP contribution in [0.4, 0.5) is 5.69 Å². The van der Waals surface area contributed by atoms with Crippen LogP contribution in [0.1, 0.15) is 11.1 Å². The standard InChI is InChI=1S/C21H19Cl2N3OS/c1-14-2-7-17(13-18(14)23)25-8-10-26(11-9-25)21-24-20(27)19(28-21)12-15-3-5-16(22)6-4-15/h2-7,12-13H,8-11H2,1H3. The molecule has 0 bridgehead atoms. The normalized spacial score (nSPS) is 18.8. The van der Waals surface area contributed by atoms with E-state index in [2.05, 4.69) is 20.9 Å². The highest BCUT2D eigenvalue weighted by Gasteiger charge is 2.28. The van der Waals surface area contributed by atoms with Crippen molar-refractivity contribution in [1.82, 2.24) is 4.90 Å². The molecule has 28 heavy (non-hydrogen) atoms. The molecule has 1 saturated heterocycles. The first-order valence-corrected chi connectivity index (χ1v) is 10.6. The van der Waals surface area contributed by atoms with Crippen molar-refractivity contribution in [1.29, 1.82) is 0 Å². The Hall–Kier alpha value is -1.95. The van der Waals surface area contributed by atoms with Gasteiger partial charge in [0.2, 0.25) is 0 Å². The number of piperazine rings is 1. The zero-order chi connectivity index (χ0) is 19.7. The van der Waals surface area contributed by atoms with Gasteiger partial charge in [-0.05, 0) is 60.2 Å². The van der Waals surface area contributed by atoms with Gasteiger partial charge in [0, 0.05) is 41.9 Å². The first-order chi connectivity index (χ1) is 13.5. The van der Waals surface area contributed by atoms with Crippen LogP contribution < -0.4 is 4.90 Å². The molecule has 4 rings (SSSR count). The summed E-state index contributed by atoms with van der Waals surface area (Å²) in [6, 6.07) is 13.6. The third kappa shape index (κ3) is 4.22. The van der Waals surface area contributed by atoms with E-state index in [1.54, 1.807) is 0 Å². The second-order valence-electron chi connectivity index (χ2n) is 6.77. The minimum atomic E-state index is -0.178. The molecular formula is C21H19Cl2N3OS. The molecule has 0 saturated carbocycles. The number of thioether (sulfide) groups is 1. The number of benzene rings is 2. The van der Waals surface area contributed by atoms with Crippen molar-refractivity contribution in [3.8, 4) is 0 Å².